The monoisotopic (exact) mass is 239 g/mol. The molecule has 0 saturated carbocycles. The summed E-state index contributed by atoms with van der Waals surface area (Å²) >= 11 is 0. The zero-order valence-electron chi connectivity index (χ0n) is 10.7. The van der Waals surface area contributed by atoms with Gasteiger partial charge in [-0.3, -0.25) is 10.2 Å². The predicted octanol–water partition coefficient (Wildman–Crippen LogP) is 1.28. The Hall–Kier alpha value is -0.610. The second kappa shape index (κ2) is 6.97. The molecule has 0 aromatic rings. The van der Waals surface area contributed by atoms with Crippen LogP contribution in [0.2, 0.25) is 0 Å². The van der Waals surface area contributed by atoms with E-state index in [1.165, 1.54) is 32.1 Å². The molecule has 2 fully saturated rings. The number of nitrogens with zero attached hydrogens (tertiary/aromatic N) is 1. The van der Waals surface area contributed by atoms with E-state index < -0.39 is 0 Å². The van der Waals surface area contributed by atoms with E-state index in [0.717, 1.165) is 38.5 Å². The summed E-state index contributed by atoms with van der Waals surface area (Å²) in [5.74, 6) is 0.966. The van der Waals surface area contributed by atoms with Gasteiger partial charge in [0.1, 0.15) is 0 Å². The Labute approximate surface area is 104 Å². The molecule has 0 aliphatic carbocycles. The molecule has 2 rings (SSSR count). The molecule has 2 aliphatic rings. The van der Waals surface area contributed by atoms with Crippen LogP contribution in [0.1, 0.15) is 44.9 Å². The van der Waals surface area contributed by atoms with Crippen LogP contribution in [0.25, 0.3) is 0 Å². The molecule has 0 unspecified atom stereocenters. The van der Waals surface area contributed by atoms with E-state index in [4.69, 9.17) is 0 Å². The first-order valence-electron chi connectivity index (χ1n) is 7.10. The number of amides is 1. The first-order valence-corrected chi connectivity index (χ1v) is 7.10. The Morgan fingerprint density at radius 1 is 1.18 bits per heavy atom. The molecule has 0 radical (unpaired) electrons. The van der Waals surface area contributed by atoms with Gasteiger partial charge in [-0.2, -0.15) is 0 Å². The van der Waals surface area contributed by atoms with Gasteiger partial charge in [0.15, 0.2) is 0 Å². The molecule has 2 heterocycles. The highest BCUT2D eigenvalue weighted by Crippen LogP contribution is 2.17. The van der Waals surface area contributed by atoms with E-state index in [9.17, 15) is 4.79 Å². The summed E-state index contributed by atoms with van der Waals surface area (Å²) in [5.41, 5.74) is 3.04. The lowest BCUT2D eigenvalue weighted by Crippen LogP contribution is -2.45. The Kier molecular flexibility index (Phi) is 5.26. The summed E-state index contributed by atoms with van der Waals surface area (Å²) in [6, 6.07) is 0. The topological polar surface area (TPSA) is 44.4 Å². The van der Waals surface area contributed by atoms with Gasteiger partial charge >= 0.3 is 0 Å². The van der Waals surface area contributed by atoms with Crippen LogP contribution >= 0.6 is 0 Å². The number of rotatable bonds is 4. The number of nitrogens with one attached hydrogen (secondary N) is 2. The lowest BCUT2D eigenvalue weighted by Gasteiger charge is -2.27. The summed E-state index contributed by atoms with van der Waals surface area (Å²) in [5, 5.41) is 5.45. The van der Waals surface area contributed by atoms with E-state index in [0.29, 0.717) is 6.42 Å². The standard InChI is InChI=1S/C13H25N3O/c17-13(15-16-10-2-1-3-11-16)5-4-12-6-8-14-9-7-12/h12,14H,1-11H2,(H,15,17). The van der Waals surface area contributed by atoms with Crippen molar-refractivity contribution in [1.29, 1.82) is 0 Å². The number of hydrazine groups is 1. The van der Waals surface area contributed by atoms with Crippen molar-refractivity contribution < 1.29 is 4.79 Å². The van der Waals surface area contributed by atoms with Crippen molar-refractivity contribution in [3.8, 4) is 0 Å². The van der Waals surface area contributed by atoms with Crippen molar-refractivity contribution in [3.05, 3.63) is 0 Å². The van der Waals surface area contributed by atoms with Crippen LogP contribution in [0.3, 0.4) is 0 Å². The molecule has 0 bridgehead atoms. The van der Waals surface area contributed by atoms with Gasteiger partial charge in [0.2, 0.25) is 5.91 Å². The molecule has 0 aromatic carbocycles. The van der Waals surface area contributed by atoms with Crippen LogP contribution in [-0.4, -0.2) is 37.1 Å². The van der Waals surface area contributed by atoms with Crippen molar-refractivity contribution in [3.63, 3.8) is 0 Å². The van der Waals surface area contributed by atoms with E-state index in [1.54, 1.807) is 0 Å². The van der Waals surface area contributed by atoms with Gasteiger partial charge in [-0.25, -0.2) is 5.01 Å². The van der Waals surface area contributed by atoms with E-state index in [1.807, 2.05) is 0 Å². The molecule has 2 saturated heterocycles. The number of carbonyl (C=O) groups is 1. The smallest absolute Gasteiger partial charge is 0.234 e. The molecule has 0 spiro atoms. The van der Waals surface area contributed by atoms with E-state index in [2.05, 4.69) is 15.8 Å². The van der Waals surface area contributed by atoms with E-state index in [-0.39, 0.29) is 5.91 Å². The molecule has 1 amide bonds. The minimum absolute atomic E-state index is 0.213. The SMILES string of the molecule is O=C(CCC1CCNCC1)NN1CCCCC1. The van der Waals surface area contributed by atoms with Crippen LogP contribution in [0.5, 0.6) is 0 Å². The number of piperidine rings is 2. The summed E-state index contributed by atoms with van der Waals surface area (Å²) < 4.78 is 0. The van der Waals surface area contributed by atoms with Gasteiger partial charge < -0.3 is 5.32 Å². The number of hydrogen-bond acceptors (Lipinski definition) is 3. The van der Waals surface area contributed by atoms with Crippen LogP contribution in [0.4, 0.5) is 0 Å². The second-order valence-corrected chi connectivity index (χ2v) is 5.31. The Bertz CT molecular complexity index is 233. The molecule has 98 valence electrons. The van der Waals surface area contributed by atoms with E-state index >= 15 is 0 Å². The second-order valence-electron chi connectivity index (χ2n) is 5.31. The zero-order valence-corrected chi connectivity index (χ0v) is 10.7. The molecule has 0 aromatic heterocycles. The molecule has 2 aliphatic heterocycles. The average Bonchev–Trinajstić information content (AvgIpc) is 2.39. The molecule has 17 heavy (non-hydrogen) atoms. The average molecular weight is 239 g/mol. The molecule has 4 heteroatoms. The van der Waals surface area contributed by atoms with Gasteiger partial charge in [0, 0.05) is 19.5 Å². The Morgan fingerprint density at radius 3 is 2.59 bits per heavy atom. The predicted molar refractivity (Wildman–Crippen MR) is 68.4 cm³/mol. The molecular weight excluding hydrogens is 214 g/mol. The molecule has 0 atom stereocenters. The zero-order chi connectivity index (χ0) is 11.9. The van der Waals surface area contributed by atoms with Crippen LogP contribution in [0, 0.1) is 5.92 Å². The minimum atomic E-state index is 0.213. The molecule has 4 nitrogen and oxygen atoms in total. The van der Waals surface area contributed by atoms with Crippen molar-refractivity contribution in [2.24, 2.45) is 5.92 Å². The van der Waals surface area contributed by atoms with Gasteiger partial charge in [-0.1, -0.05) is 6.42 Å². The summed E-state index contributed by atoms with van der Waals surface area (Å²) in [6.45, 7) is 4.30. The van der Waals surface area contributed by atoms with Crippen molar-refractivity contribution in [2.45, 2.75) is 44.9 Å². The minimum Gasteiger partial charge on any atom is -0.317 e. The van der Waals surface area contributed by atoms with Crippen LogP contribution < -0.4 is 10.7 Å². The van der Waals surface area contributed by atoms with Gasteiger partial charge in [0.05, 0.1) is 0 Å². The Morgan fingerprint density at radius 2 is 1.88 bits per heavy atom. The summed E-state index contributed by atoms with van der Waals surface area (Å²) in [6.07, 6.45) is 7.96. The van der Waals surface area contributed by atoms with Crippen LogP contribution in [-0.2, 0) is 4.79 Å². The maximum absolute atomic E-state index is 11.8. The van der Waals surface area contributed by atoms with Crippen molar-refractivity contribution in [2.75, 3.05) is 26.2 Å². The highest BCUT2D eigenvalue weighted by molar-refractivity contribution is 5.75. The van der Waals surface area contributed by atoms with Crippen LogP contribution in [0.15, 0.2) is 0 Å². The van der Waals surface area contributed by atoms with Gasteiger partial charge in [0.25, 0.3) is 0 Å². The number of carbonyl (C=O) groups excluding carboxylic acids is 1. The lowest BCUT2D eigenvalue weighted by atomic mass is 9.93. The maximum Gasteiger partial charge on any atom is 0.234 e. The van der Waals surface area contributed by atoms with Crippen molar-refractivity contribution in [1.82, 2.24) is 15.8 Å². The highest BCUT2D eigenvalue weighted by atomic mass is 16.2. The van der Waals surface area contributed by atoms with Gasteiger partial charge in [-0.15, -0.1) is 0 Å². The first kappa shape index (κ1) is 12.8. The third-order valence-electron chi connectivity index (χ3n) is 3.88. The fourth-order valence-corrected chi connectivity index (χ4v) is 2.74. The fourth-order valence-electron chi connectivity index (χ4n) is 2.74. The third kappa shape index (κ3) is 4.64. The molecule has 2 N–H and O–H groups in total. The third-order valence-corrected chi connectivity index (χ3v) is 3.88. The Balaban J connectivity index is 1.59. The first-order chi connectivity index (χ1) is 8.34. The van der Waals surface area contributed by atoms with Crippen molar-refractivity contribution >= 4 is 5.91 Å². The highest BCUT2D eigenvalue weighted by Gasteiger charge is 2.16. The molecular formula is C13H25N3O. The largest absolute Gasteiger partial charge is 0.317 e. The normalized spacial score (nSPS) is 23.5. The summed E-state index contributed by atoms with van der Waals surface area (Å²) in [7, 11) is 0. The maximum atomic E-state index is 11.8. The van der Waals surface area contributed by atoms with Gasteiger partial charge in [-0.05, 0) is 51.1 Å². The summed E-state index contributed by atoms with van der Waals surface area (Å²) in [4.78, 5) is 11.8. The number of hydrogen-bond donors (Lipinski definition) is 2. The quantitative estimate of drug-likeness (QED) is 0.777. The lowest BCUT2D eigenvalue weighted by molar-refractivity contribution is -0.126. The fraction of sp³-hybridized carbons (Fsp3) is 0.923.